The summed E-state index contributed by atoms with van der Waals surface area (Å²) in [5.74, 6) is -1.11. The number of hydrogen-bond donors (Lipinski definition) is 1. The maximum Gasteiger partial charge on any atom is 0.0515 e. The van der Waals surface area contributed by atoms with Crippen LogP contribution >= 0.6 is 0 Å². The van der Waals surface area contributed by atoms with Crippen molar-refractivity contribution >= 4 is 5.97 Å². The monoisotopic (exact) mass is 117 g/mol. The van der Waals surface area contributed by atoms with E-state index in [1.165, 1.54) is 0 Å². The summed E-state index contributed by atoms with van der Waals surface area (Å²) < 4.78 is 0. The van der Waals surface area contributed by atoms with E-state index in [-0.39, 0.29) is 12.8 Å². The molecule has 0 heterocycles. The highest BCUT2D eigenvalue weighted by Gasteiger charge is 1.93. The van der Waals surface area contributed by atoms with Crippen molar-refractivity contribution in [3.8, 4) is 0 Å². The van der Waals surface area contributed by atoms with Crippen LogP contribution in [-0.4, -0.2) is 17.2 Å². The van der Waals surface area contributed by atoms with Gasteiger partial charge in [0.2, 0.25) is 0 Å². The van der Waals surface area contributed by atoms with Gasteiger partial charge in [0.1, 0.15) is 0 Å². The van der Waals surface area contributed by atoms with E-state index >= 15 is 0 Å². The van der Waals surface area contributed by atoms with Gasteiger partial charge in [0.15, 0.2) is 0 Å². The minimum Gasteiger partial charge on any atom is -0.550 e. The summed E-state index contributed by atoms with van der Waals surface area (Å²) in [5.41, 5.74) is 0. The summed E-state index contributed by atoms with van der Waals surface area (Å²) >= 11 is 0. The lowest BCUT2D eigenvalue weighted by Gasteiger charge is -2.02. The van der Waals surface area contributed by atoms with E-state index in [4.69, 9.17) is 5.11 Å². The van der Waals surface area contributed by atoms with Crippen LogP contribution in [0, 0.1) is 0 Å². The van der Waals surface area contributed by atoms with E-state index in [1.807, 2.05) is 0 Å². The Kier molecular flexibility index (Phi) is 3.19. The molecule has 3 nitrogen and oxygen atoms in total. The quantitative estimate of drug-likeness (QED) is 0.510. The van der Waals surface area contributed by atoms with Crippen LogP contribution in [0.4, 0.5) is 0 Å². The number of carbonyl (C=O) groups is 1. The average molecular weight is 117 g/mol. The number of hydrogen-bond acceptors (Lipinski definition) is 3. The molecule has 0 rings (SSSR count). The van der Waals surface area contributed by atoms with Gasteiger partial charge in [-0.1, -0.05) is 0 Å². The Labute approximate surface area is 47.9 Å². The first-order valence-corrected chi connectivity index (χ1v) is 2.51. The van der Waals surface area contributed by atoms with Gasteiger partial charge >= 0.3 is 0 Å². The molecular weight excluding hydrogens is 108 g/mol. The van der Waals surface area contributed by atoms with E-state index in [2.05, 4.69) is 0 Å². The average Bonchev–Trinajstić information content (AvgIpc) is 1.61. The zero-order valence-corrected chi connectivity index (χ0v) is 4.76. The normalized spacial score (nSPS) is 13.2. The molecule has 48 valence electrons. The number of carboxylic acids is 1. The molecule has 0 aromatic carbocycles. The molecule has 0 aromatic rings. The van der Waals surface area contributed by atoms with Crippen LogP contribution in [0.1, 0.15) is 19.8 Å². The predicted octanol–water partition coefficient (Wildman–Crippen LogP) is -1.10. The van der Waals surface area contributed by atoms with Crippen molar-refractivity contribution in [1.82, 2.24) is 0 Å². The van der Waals surface area contributed by atoms with Crippen LogP contribution in [-0.2, 0) is 4.79 Å². The van der Waals surface area contributed by atoms with Crippen molar-refractivity contribution in [3.63, 3.8) is 0 Å². The Morgan fingerprint density at radius 2 is 2.38 bits per heavy atom. The van der Waals surface area contributed by atoms with Crippen LogP contribution < -0.4 is 5.11 Å². The molecule has 0 saturated carbocycles. The molecule has 0 radical (unpaired) electrons. The highest BCUT2D eigenvalue weighted by Crippen LogP contribution is 1.92. The first kappa shape index (κ1) is 7.43. The van der Waals surface area contributed by atoms with Gasteiger partial charge in [-0.25, -0.2) is 0 Å². The van der Waals surface area contributed by atoms with Crippen LogP contribution in [0.3, 0.4) is 0 Å². The molecule has 0 bridgehead atoms. The third-order valence-corrected chi connectivity index (χ3v) is 0.766. The smallest absolute Gasteiger partial charge is 0.0515 e. The Bertz CT molecular complexity index is 77.7. The molecule has 1 unspecified atom stereocenters. The topological polar surface area (TPSA) is 60.4 Å². The van der Waals surface area contributed by atoms with E-state index in [0.717, 1.165) is 0 Å². The molecule has 0 saturated heterocycles. The van der Waals surface area contributed by atoms with Gasteiger partial charge in [-0.2, -0.15) is 0 Å². The van der Waals surface area contributed by atoms with Gasteiger partial charge in [0, 0.05) is 5.97 Å². The summed E-state index contributed by atoms with van der Waals surface area (Å²) in [4.78, 5) is 9.68. The van der Waals surface area contributed by atoms with Crippen molar-refractivity contribution in [3.05, 3.63) is 0 Å². The van der Waals surface area contributed by atoms with Gasteiger partial charge in [-0.3, -0.25) is 0 Å². The van der Waals surface area contributed by atoms with Crippen molar-refractivity contribution < 1.29 is 15.0 Å². The minimum atomic E-state index is -1.11. The SMILES string of the molecule is CC(O)CCC(=O)[O-]. The fraction of sp³-hybridized carbons (Fsp3) is 0.800. The Morgan fingerprint density at radius 3 is 2.50 bits per heavy atom. The summed E-state index contributed by atoms with van der Waals surface area (Å²) in [5, 5.41) is 18.2. The summed E-state index contributed by atoms with van der Waals surface area (Å²) in [6.45, 7) is 1.54. The number of carbonyl (C=O) groups excluding carboxylic acids is 1. The first-order valence-electron chi connectivity index (χ1n) is 2.51. The zero-order valence-electron chi connectivity index (χ0n) is 4.76. The number of rotatable bonds is 3. The second kappa shape index (κ2) is 3.43. The largest absolute Gasteiger partial charge is 0.550 e. The molecule has 1 N–H and O–H groups in total. The fourth-order valence-corrected chi connectivity index (χ4v) is 0.327. The van der Waals surface area contributed by atoms with E-state index in [9.17, 15) is 9.90 Å². The van der Waals surface area contributed by atoms with Gasteiger partial charge in [0.25, 0.3) is 0 Å². The Balaban J connectivity index is 3.05. The second-order valence-electron chi connectivity index (χ2n) is 1.76. The fourth-order valence-electron chi connectivity index (χ4n) is 0.327. The minimum absolute atomic E-state index is 0.0579. The first-order chi connectivity index (χ1) is 3.63. The molecule has 0 aliphatic carbocycles. The lowest BCUT2D eigenvalue weighted by molar-refractivity contribution is -0.306. The lowest BCUT2D eigenvalue weighted by Crippen LogP contribution is -2.23. The Morgan fingerprint density at radius 1 is 1.88 bits per heavy atom. The Hall–Kier alpha value is -0.570. The molecule has 0 amide bonds. The van der Waals surface area contributed by atoms with Crippen molar-refractivity contribution in [2.75, 3.05) is 0 Å². The molecule has 0 aromatic heterocycles. The zero-order chi connectivity index (χ0) is 6.57. The number of aliphatic hydroxyl groups excluding tert-OH is 1. The van der Waals surface area contributed by atoms with Crippen LogP contribution in [0.5, 0.6) is 0 Å². The van der Waals surface area contributed by atoms with Crippen LogP contribution in [0.15, 0.2) is 0 Å². The van der Waals surface area contributed by atoms with Crippen molar-refractivity contribution in [2.24, 2.45) is 0 Å². The van der Waals surface area contributed by atoms with Gasteiger partial charge in [0.05, 0.1) is 6.10 Å². The lowest BCUT2D eigenvalue weighted by atomic mass is 10.2. The third-order valence-electron chi connectivity index (χ3n) is 0.766. The second-order valence-corrected chi connectivity index (χ2v) is 1.76. The maximum absolute atomic E-state index is 9.68. The van der Waals surface area contributed by atoms with Gasteiger partial charge in [-0.15, -0.1) is 0 Å². The highest BCUT2D eigenvalue weighted by atomic mass is 16.4. The van der Waals surface area contributed by atoms with Crippen molar-refractivity contribution in [1.29, 1.82) is 0 Å². The van der Waals surface area contributed by atoms with Crippen LogP contribution in [0.2, 0.25) is 0 Å². The molecule has 3 heteroatoms. The molecule has 0 aliphatic rings. The van der Waals surface area contributed by atoms with Crippen LogP contribution in [0.25, 0.3) is 0 Å². The summed E-state index contributed by atoms with van der Waals surface area (Å²) in [6, 6.07) is 0. The summed E-state index contributed by atoms with van der Waals surface area (Å²) in [6.07, 6.45) is -0.312. The molecule has 8 heavy (non-hydrogen) atoms. The van der Waals surface area contributed by atoms with Gasteiger partial charge in [-0.05, 0) is 19.8 Å². The number of aliphatic hydroxyl groups is 1. The molecule has 1 atom stereocenters. The molecule has 0 fully saturated rings. The number of carboxylic acid groups (broad SMARTS) is 1. The van der Waals surface area contributed by atoms with E-state index in [0.29, 0.717) is 0 Å². The standard InChI is InChI=1S/C5H10O3/c1-4(6)2-3-5(7)8/h4,6H,2-3H2,1H3,(H,7,8)/p-1. The highest BCUT2D eigenvalue weighted by molar-refractivity contribution is 5.64. The summed E-state index contributed by atoms with van der Waals surface area (Å²) in [7, 11) is 0. The predicted molar refractivity (Wildman–Crippen MR) is 25.9 cm³/mol. The van der Waals surface area contributed by atoms with Gasteiger partial charge < -0.3 is 15.0 Å². The molecular formula is C5H9O3-. The van der Waals surface area contributed by atoms with E-state index < -0.39 is 12.1 Å². The maximum atomic E-state index is 9.68. The number of aliphatic carboxylic acids is 1. The molecule has 0 spiro atoms. The molecule has 0 aliphatic heterocycles. The van der Waals surface area contributed by atoms with Crippen molar-refractivity contribution in [2.45, 2.75) is 25.9 Å². The van der Waals surface area contributed by atoms with E-state index in [1.54, 1.807) is 6.92 Å². The third kappa shape index (κ3) is 5.43.